The van der Waals surface area contributed by atoms with Gasteiger partial charge >= 0.3 is 6.03 Å². The normalized spacial score (nSPS) is 28.0. The molecule has 0 aliphatic heterocycles. The van der Waals surface area contributed by atoms with Crippen molar-refractivity contribution in [2.24, 2.45) is 22.9 Å². The monoisotopic (exact) mass is 409 g/mol. The molecule has 9 heteroatoms. The number of aliphatic hydroxyl groups excluding tert-OH is 1. The van der Waals surface area contributed by atoms with Crippen LogP contribution in [0.15, 0.2) is 5.10 Å². The molecule has 0 saturated heterocycles. The predicted molar refractivity (Wildman–Crippen MR) is 110 cm³/mol. The largest absolute Gasteiger partial charge is 0.393 e. The van der Waals surface area contributed by atoms with Crippen LogP contribution in [0, 0.1) is 17.8 Å². The predicted octanol–water partition coefficient (Wildman–Crippen LogP) is 0.880. The number of hydrazone groups is 1. The van der Waals surface area contributed by atoms with Gasteiger partial charge in [-0.1, -0.05) is 6.92 Å². The Kier molecular flexibility index (Phi) is 9.37. The molecular formula is C20H35N5O4. The van der Waals surface area contributed by atoms with Gasteiger partial charge in [-0.25, -0.2) is 10.2 Å². The molecule has 164 valence electrons. The summed E-state index contributed by atoms with van der Waals surface area (Å²) < 4.78 is 0. The van der Waals surface area contributed by atoms with E-state index in [0.717, 1.165) is 25.7 Å². The van der Waals surface area contributed by atoms with Crippen molar-refractivity contribution in [3.63, 3.8) is 0 Å². The van der Waals surface area contributed by atoms with Crippen molar-refractivity contribution >= 4 is 24.1 Å². The Morgan fingerprint density at radius 3 is 2.34 bits per heavy atom. The van der Waals surface area contributed by atoms with Crippen molar-refractivity contribution in [3.05, 3.63) is 0 Å². The van der Waals surface area contributed by atoms with Gasteiger partial charge in [-0.3, -0.25) is 9.59 Å². The topological polar surface area (TPSA) is 132 Å². The molecule has 0 aromatic carbocycles. The van der Waals surface area contributed by atoms with Crippen LogP contribution < -0.4 is 21.4 Å². The first-order chi connectivity index (χ1) is 13.9. The van der Waals surface area contributed by atoms with Crippen LogP contribution in [0.5, 0.6) is 0 Å². The smallest absolute Gasteiger partial charge is 0.335 e. The number of rotatable bonds is 8. The first-order valence-corrected chi connectivity index (χ1v) is 10.7. The standard InChI is InChI=1S/C20H35N5O4/c1-3-16(24-19(28)15-8-9-17(26)10-15)12-23-25-20(29)22-11-13-4-6-14(7-5-13)18(27)21-2/h12-17,26H,3-11H2,1-2H3,(H,21,27)(H,24,28)(H2,22,25,29)/b23-12-/t13?,14?,15-,16-,17-/m0/s1. The minimum absolute atomic E-state index is 0.0725. The zero-order valence-corrected chi connectivity index (χ0v) is 17.4. The zero-order valence-electron chi connectivity index (χ0n) is 17.4. The fourth-order valence-electron chi connectivity index (χ4n) is 4.04. The van der Waals surface area contributed by atoms with Gasteiger partial charge in [0.2, 0.25) is 11.8 Å². The van der Waals surface area contributed by atoms with E-state index >= 15 is 0 Å². The Labute approximate surface area is 172 Å². The molecule has 2 aliphatic carbocycles. The molecule has 4 amide bonds. The van der Waals surface area contributed by atoms with Gasteiger partial charge in [0.15, 0.2) is 0 Å². The molecule has 0 heterocycles. The molecule has 2 fully saturated rings. The van der Waals surface area contributed by atoms with E-state index in [1.807, 2.05) is 6.92 Å². The third-order valence-electron chi connectivity index (χ3n) is 5.98. The molecule has 0 spiro atoms. The molecule has 2 aliphatic rings. The maximum absolute atomic E-state index is 12.2. The van der Waals surface area contributed by atoms with Crippen molar-refractivity contribution < 1.29 is 19.5 Å². The van der Waals surface area contributed by atoms with Gasteiger partial charge in [-0.05, 0) is 57.3 Å². The molecule has 0 unspecified atom stereocenters. The van der Waals surface area contributed by atoms with E-state index in [1.165, 1.54) is 6.21 Å². The van der Waals surface area contributed by atoms with Gasteiger partial charge in [-0.15, -0.1) is 0 Å². The summed E-state index contributed by atoms with van der Waals surface area (Å²) in [5.41, 5.74) is 2.44. The van der Waals surface area contributed by atoms with Crippen molar-refractivity contribution in [2.45, 2.75) is 70.4 Å². The van der Waals surface area contributed by atoms with Crippen LogP contribution in [0.25, 0.3) is 0 Å². The van der Waals surface area contributed by atoms with Crippen molar-refractivity contribution in [2.75, 3.05) is 13.6 Å². The lowest BCUT2D eigenvalue weighted by Gasteiger charge is -2.27. The van der Waals surface area contributed by atoms with E-state index < -0.39 is 0 Å². The lowest BCUT2D eigenvalue weighted by molar-refractivity contribution is -0.126. The second-order valence-electron chi connectivity index (χ2n) is 8.12. The number of urea groups is 1. The lowest BCUT2D eigenvalue weighted by atomic mass is 9.81. The highest BCUT2D eigenvalue weighted by Crippen LogP contribution is 2.28. The molecule has 3 atom stereocenters. The molecule has 0 aromatic rings. The summed E-state index contributed by atoms with van der Waals surface area (Å²) in [5, 5.41) is 21.9. The summed E-state index contributed by atoms with van der Waals surface area (Å²) in [4.78, 5) is 35.8. The Balaban J connectivity index is 1.64. The van der Waals surface area contributed by atoms with Crippen LogP contribution in [-0.2, 0) is 9.59 Å². The highest BCUT2D eigenvalue weighted by atomic mass is 16.3. The Bertz CT molecular complexity index is 589. The molecular weight excluding hydrogens is 374 g/mol. The van der Waals surface area contributed by atoms with Crippen molar-refractivity contribution in [3.8, 4) is 0 Å². The number of nitrogens with one attached hydrogen (secondary N) is 4. The summed E-state index contributed by atoms with van der Waals surface area (Å²) in [6.45, 7) is 2.48. The minimum atomic E-state index is -0.385. The van der Waals surface area contributed by atoms with Gasteiger partial charge in [0.1, 0.15) is 0 Å². The molecule has 5 N–H and O–H groups in total. The summed E-state index contributed by atoms with van der Waals surface area (Å²) in [6.07, 6.45) is 7.20. The molecule has 0 bridgehead atoms. The van der Waals surface area contributed by atoms with Crippen LogP contribution >= 0.6 is 0 Å². The summed E-state index contributed by atoms with van der Waals surface area (Å²) in [7, 11) is 1.66. The Hall–Kier alpha value is -2.16. The van der Waals surface area contributed by atoms with E-state index in [-0.39, 0.29) is 41.8 Å². The molecule has 2 saturated carbocycles. The minimum Gasteiger partial charge on any atom is -0.393 e. The quantitative estimate of drug-likeness (QED) is 0.301. The average molecular weight is 410 g/mol. The summed E-state index contributed by atoms with van der Waals surface area (Å²) in [6, 6.07) is -0.643. The Morgan fingerprint density at radius 2 is 1.76 bits per heavy atom. The van der Waals surface area contributed by atoms with Crippen LogP contribution in [0.3, 0.4) is 0 Å². The Morgan fingerprint density at radius 1 is 1.07 bits per heavy atom. The van der Waals surface area contributed by atoms with Crippen LogP contribution in [-0.4, -0.2) is 54.9 Å². The fourth-order valence-corrected chi connectivity index (χ4v) is 4.04. The third-order valence-corrected chi connectivity index (χ3v) is 5.98. The van der Waals surface area contributed by atoms with Gasteiger partial charge < -0.3 is 21.1 Å². The highest BCUT2D eigenvalue weighted by Gasteiger charge is 2.29. The van der Waals surface area contributed by atoms with Crippen LogP contribution in [0.1, 0.15) is 58.3 Å². The second-order valence-corrected chi connectivity index (χ2v) is 8.12. The number of nitrogens with zero attached hydrogens (tertiary/aromatic N) is 1. The summed E-state index contributed by atoms with van der Waals surface area (Å²) in [5.74, 6) is 0.336. The number of hydrogen-bond acceptors (Lipinski definition) is 5. The summed E-state index contributed by atoms with van der Waals surface area (Å²) >= 11 is 0. The zero-order chi connectivity index (χ0) is 21.2. The maximum atomic E-state index is 12.2. The van der Waals surface area contributed by atoms with Gasteiger partial charge in [0, 0.05) is 31.6 Å². The van der Waals surface area contributed by atoms with Gasteiger partial charge in [-0.2, -0.15) is 5.10 Å². The molecule has 29 heavy (non-hydrogen) atoms. The van der Waals surface area contributed by atoms with E-state index in [1.54, 1.807) is 7.05 Å². The first kappa shape index (κ1) is 23.1. The lowest BCUT2D eigenvalue weighted by Crippen LogP contribution is -2.40. The average Bonchev–Trinajstić information content (AvgIpc) is 3.17. The second kappa shape index (κ2) is 11.7. The number of carbonyl (C=O) groups is 3. The maximum Gasteiger partial charge on any atom is 0.335 e. The van der Waals surface area contributed by atoms with E-state index in [4.69, 9.17) is 0 Å². The molecule has 0 radical (unpaired) electrons. The van der Waals surface area contributed by atoms with Crippen LogP contribution in [0.2, 0.25) is 0 Å². The fraction of sp³-hybridized carbons (Fsp3) is 0.800. The molecule has 9 nitrogen and oxygen atoms in total. The highest BCUT2D eigenvalue weighted by molar-refractivity contribution is 5.83. The first-order valence-electron chi connectivity index (χ1n) is 10.7. The van der Waals surface area contributed by atoms with E-state index in [2.05, 4.69) is 26.5 Å². The third kappa shape index (κ3) is 7.64. The van der Waals surface area contributed by atoms with E-state index in [0.29, 0.717) is 38.1 Å². The van der Waals surface area contributed by atoms with Crippen molar-refractivity contribution in [1.29, 1.82) is 0 Å². The van der Waals surface area contributed by atoms with Crippen LogP contribution in [0.4, 0.5) is 4.79 Å². The van der Waals surface area contributed by atoms with E-state index in [9.17, 15) is 19.5 Å². The van der Waals surface area contributed by atoms with Gasteiger partial charge in [0.05, 0.1) is 12.1 Å². The van der Waals surface area contributed by atoms with Gasteiger partial charge in [0.25, 0.3) is 0 Å². The number of aliphatic hydroxyl groups is 1. The SMILES string of the molecule is CC[C@@H](/C=N\NC(=O)NCC1CCC(C(=O)NC)CC1)NC(=O)[C@H]1CC[C@H](O)C1. The molecule has 2 rings (SSSR count). The van der Waals surface area contributed by atoms with Crippen molar-refractivity contribution in [1.82, 2.24) is 21.4 Å². The number of amides is 4. The molecule has 0 aromatic heterocycles. The number of hydrogen-bond donors (Lipinski definition) is 5. The number of carbonyl (C=O) groups excluding carboxylic acids is 3.